The lowest BCUT2D eigenvalue weighted by molar-refractivity contribution is 0.0595. The summed E-state index contributed by atoms with van der Waals surface area (Å²) in [5, 5.41) is 9.66. The van der Waals surface area contributed by atoms with E-state index in [0.717, 1.165) is 5.69 Å². The van der Waals surface area contributed by atoms with Gasteiger partial charge in [0.25, 0.3) is 0 Å². The van der Waals surface area contributed by atoms with Crippen LogP contribution in [0.1, 0.15) is 16.2 Å². The maximum Gasteiger partial charge on any atom is 0.357 e. The van der Waals surface area contributed by atoms with Crippen LogP contribution in [-0.2, 0) is 18.3 Å². The number of ether oxygens (including phenoxy) is 1. The topological polar surface area (TPSA) is 69.0 Å². The number of aromatic nitrogens is 3. The van der Waals surface area contributed by atoms with Crippen molar-refractivity contribution in [3.8, 4) is 0 Å². The number of nitrogens with zero attached hydrogens (tertiary/aromatic N) is 3. The van der Waals surface area contributed by atoms with Crippen LogP contribution in [-0.4, -0.2) is 27.8 Å². The molecule has 0 bridgehead atoms. The SMILES string of the molecule is COC(=O)c1csc(NCc2ccn(C)n2)n1. The molecule has 0 aliphatic rings. The molecule has 6 nitrogen and oxygen atoms in total. The molecule has 0 saturated carbocycles. The number of aryl methyl sites for hydroxylation is 1. The monoisotopic (exact) mass is 252 g/mol. The molecule has 90 valence electrons. The molecular formula is C10H12N4O2S. The minimum absolute atomic E-state index is 0.320. The molecule has 0 radical (unpaired) electrons. The first-order chi connectivity index (χ1) is 8.19. The summed E-state index contributed by atoms with van der Waals surface area (Å²) in [6.45, 7) is 0.578. The molecule has 0 fully saturated rings. The van der Waals surface area contributed by atoms with Crippen LogP contribution in [0.4, 0.5) is 5.13 Å². The third-order valence-electron chi connectivity index (χ3n) is 2.09. The molecule has 17 heavy (non-hydrogen) atoms. The van der Waals surface area contributed by atoms with Gasteiger partial charge < -0.3 is 10.1 Å². The molecule has 2 aromatic heterocycles. The van der Waals surface area contributed by atoms with Crippen molar-refractivity contribution in [1.82, 2.24) is 14.8 Å². The van der Waals surface area contributed by atoms with Crippen molar-refractivity contribution in [3.05, 3.63) is 29.0 Å². The van der Waals surface area contributed by atoms with Gasteiger partial charge >= 0.3 is 5.97 Å². The number of thiazole rings is 1. The summed E-state index contributed by atoms with van der Waals surface area (Å²) in [7, 11) is 3.20. The zero-order chi connectivity index (χ0) is 12.3. The van der Waals surface area contributed by atoms with Gasteiger partial charge in [0.1, 0.15) is 0 Å². The lowest BCUT2D eigenvalue weighted by atomic mass is 10.4. The van der Waals surface area contributed by atoms with Crippen LogP contribution in [0.25, 0.3) is 0 Å². The minimum atomic E-state index is -0.424. The Labute approximate surface area is 102 Å². The first kappa shape index (κ1) is 11.6. The minimum Gasteiger partial charge on any atom is -0.464 e. The molecule has 0 unspecified atom stereocenters. The number of anilines is 1. The van der Waals surface area contributed by atoms with Crippen LogP contribution < -0.4 is 5.32 Å². The van der Waals surface area contributed by atoms with Crippen LogP contribution in [0, 0.1) is 0 Å². The zero-order valence-electron chi connectivity index (χ0n) is 9.51. The van der Waals surface area contributed by atoms with E-state index in [-0.39, 0.29) is 0 Å². The molecule has 0 spiro atoms. The van der Waals surface area contributed by atoms with E-state index in [9.17, 15) is 4.79 Å². The largest absolute Gasteiger partial charge is 0.464 e. The van der Waals surface area contributed by atoms with Crippen LogP contribution in [0.5, 0.6) is 0 Å². The third kappa shape index (κ3) is 2.82. The molecule has 0 saturated heterocycles. The Balaban J connectivity index is 1.95. The molecule has 2 rings (SSSR count). The number of methoxy groups -OCH3 is 1. The van der Waals surface area contributed by atoms with E-state index in [1.807, 2.05) is 19.3 Å². The number of carbonyl (C=O) groups is 1. The summed E-state index contributed by atoms with van der Waals surface area (Å²) < 4.78 is 6.31. The molecule has 1 N–H and O–H groups in total. The van der Waals surface area contributed by atoms with Crippen LogP contribution in [0.15, 0.2) is 17.6 Å². The van der Waals surface area contributed by atoms with E-state index in [2.05, 4.69) is 20.1 Å². The molecule has 2 heterocycles. The van der Waals surface area contributed by atoms with Gasteiger partial charge in [-0.25, -0.2) is 9.78 Å². The second kappa shape index (κ2) is 4.96. The second-order valence-electron chi connectivity index (χ2n) is 3.36. The zero-order valence-corrected chi connectivity index (χ0v) is 10.3. The fraction of sp³-hybridized carbons (Fsp3) is 0.300. The number of nitrogens with one attached hydrogen (secondary N) is 1. The fourth-order valence-electron chi connectivity index (χ4n) is 1.28. The standard InChI is InChI=1S/C10H12N4O2S/c1-14-4-3-7(13-14)5-11-10-12-8(6-17-10)9(15)16-2/h3-4,6H,5H2,1-2H3,(H,11,12). The van der Waals surface area contributed by atoms with E-state index in [1.54, 1.807) is 10.1 Å². The van der Waals surface area contributed by atoms with Gasteiger partial charge in [0.05, 0.1) is 19.3 Å². The number of hydrogen-bond acceptors (Lipinski definition) is 6. The Hall–Kier alpha value is -1.89. The maximum absolute atomic E-state index is 11.2. The van der Waals surface area contributed by atoms with Crippen molar-refractivity contribution in [2.75, 3.05) is 12.4 Å². The van der Waals surface area contributed by atoms with E-state index < -0.39 is 5.97 Å². The summed E-state index contributed by atoms with van der Waals surface area (Å²) in [5.41, 5.74) is 1.24. The molecule has 0 aliphatic heterocycles. The highest BCUT2D eigenvalue weighted by molar-refractivity contribution is 7.13. The molecule has 2 aromatic rings. The molecule has 0 atom stereocenters. The fourth-order valence-corrected chi connectivity index (χ4v) is 1.96. The first-order valence-corrected chi connectivity index (χ1v) is 5.83. The second-order valence-corrected chi connectivity index (χ2v) is 4.22. The Kier molecular flexibility index (Phi) is 3.38. The van der Waals surface area contributed by atoms with Gasteiger partial charge in [-0.15, -0.1) is 11.3 Å². The number of esters is 1. The maximum atomic E-state index is 11.2. The van der Waals surface area contributed by atoms with Gasteiger partial charge in [0.2, 0.25) is 0 Å². The predicted octanol–water partition coefficient (Wildman–Crippen LogP) is 1.28. The van der Waals surface area contributed by atoms with Gasteiger partial charge in [0, 0.05) is 18.6 Å². The predicted molar refractivity (Wildman–Crippen MR) is 64.0 cm³/mol. The lowest BCUT2D eigenvalue weighted by Gasteiger charge is -1.98. The Morgan fingerprint density at radius 1 is 1.65 bits per heavy atom. The van der Waals surface area contributed by atoms with E-state index in [1.165, 1.54) is 18.4 Å². The Morgan fingerprint density at radius 2 is 2.47 bits per heavy atom. The van der Waals surface area contributed by atoms with Crippen molar-refractivity contribution in [2.24, 2.45) is 7.05 Å². The quantitative estimate of drug-likeness (QED) is 0.830. The third-order valence-corrected chi connectivity index (χ3v) is 2.89. The highest BCUT2D eigenvalue weighted by Gasteiger charge is 2.10. The molecule has 7 heteroatoms. The average Bonchev–Trinajstić information content (AvgIpc) is 2.94. The van der Waals surface area contributed by atoms with Crippen molar-refractivity contribution in [1.29, 1.82) is 0 Å². The highest BCUT2D eigenvalue weighted by Crippen LogP contribution is 2.16. The summed E-state index contributed by atoms with van der Waals surface area (Å²) in [4.78, 5) is 15.3. The average molecular weight is 252 g/mol. The lowest BCUT2D eigenvalue weighted by Crippen LogP contribution is -2.03. The molecule has 0 aliphatic carbocycles. The number of carbonyl (C=O) groups excluding carboxylic acids is 1. The van der Waals surface area contributed by atoms with Gasteiger partial charge in [-0.05, 0) is 6.07 Å². The molecular weight excluding hydrogens is 240 g/mol. The summed E-state index contributed by atoms with van der Waals surface area (Å²) in [6, 6.07) is 1.92. The van der Waals surface area contributed by atoms with E-state index in [0.29, 0.717) is 17.4 Å². The van der Waals surface area contributed by atoms with Crippen molar-refractivity contribution >= 4 is 22.4 Å². The van der Waals surface area contributed by atoms with Crippen molar-refractivity contribution < 1.29 is 9.53 Å². The van der Waals surface area contributed by atoms with Crippen LogP contribution >= 0.6 is 11.3 Å². The van der Waals surface area contributed by atoms with E-state index >= 15 is 0 Å². The normalized spacial score (nSPS) is 10.2. The number of rotatable bonds is 4. The van der Waals surface area contributed by atoms with Crippen LogP contribution in [0.2, 0.25) is 0 Å². The first-order valence-electron chi connectivity index (χ1n) is 4.95. The highest BCUT2D eigenvalue weighted by atomic mass is 32.1. The summed E-state index contributed by atoms with van der Waals surface area (Å²) >= 11 is 1.36. The van der Waals surface area contributed by atoms with Gasteiger partial charge in [-0.1, -0.05) is 0 Å². The summed E-state index contributed by atoms with van der Waals surface area (Å²) in [5.74, 6) is -0.424. The molecule has 0 amide bonds. The summed E-state index contributed by atoms with van der Waals surface area (Å²) in [6.07, 6.45) is 1.87. The van der Waals surface area contributed by atoms with Gasteiger partial charge in [-0.3, -0.25) is 4.68 Å². The Bertz CT molecular complexity index is 520. The van der Waals surface area contributed by atoms with Crippen LogP contribution in [0.3, 0.4) is 0 Å². The van der Waals surface area contributed by atoms with Crippen molar-refractivity contribution in [3.63, 3.8) is 0 Å². The van der Waals surface area contributed by atoms with Gasteiger partial charge in [-0.2, -0.15) is 5.10 Å². The smallest absolute Gasteiger partial charge is 0.357 e. The number of hydrogen-bond donors (Lipinski definition) is 1. The Morgan fingerprint density at radius 3 is 3.12 bits per heavy atom. The van der Waals surface area contributed by atoms with E-state index in [4.69, 9.17) is 0 Å². The molecule has 0 aromatic carbocycles. The van der Waals surface area contributed by atoms with Gasteiger partial charge in [0.15, 0.2) is 10.8 Å². The van der Waals surface area contributed by atoms with Crippen molar-refractivity contribution in [2.45, 2.75) is 6.54 Å².